The van der Waals surface area contributed by atoms with Crippen molar-refractivity contribution in [2.75, 3.05) is 6.61 Å². The standard InChI is InChI=1S/C33H38O3/c1-5-25(4)31(34)22-32-30(24(2)3)21-29(36-32)23-35-33(26-15-9-6-10-16-26,27-17-11-7-12-18-27)28-19-13-8-14-20-28/h5-20,29-32,34H,2,21-23H2,1,3-4H3/b25-5+/t29-,30-,31?,32-/m1/s1. The van der Waals surface area contributed by atoms with E-state index < -0.39 is 11.7 Å². The van der Waals surface area contributed by atoms with Crippen LogP contribution in [0.5, 0.6) is 0 Å². The smallest absolute Gasteiger partial charge is 0.143 e. The molecule has 1 aliphatic heterocycles. The van der Waals surface area contributed by atoms with Gasteiger partial charge in [-0.25, -0.2) is 0 Å². The first kappa shape index (κ1) is 26.1. The van der Waals surface area contributed by atoms with Gasteiger partial charge < -0.3 is 14.6 Å². The fourth-order valence-electron chi connectivity index (χ4n) is 5.26. The second-order valence-electron chi connectivity index (χ2n) is 9.86. The van der Waals surface area contributed by atoms with E-state index in [1.54, 1.807) is 0 Å². The van der Waals surface area contributed by atoms with E-state index in [0.29, 0.717) is 13.0 Å². The number of ether oxygens (including phenoxy) is 2. The third-order valence-corrected chi connectivity index (χ3v) is 7.43. The third-order valence-electron chi connectivity index (χ3n) is 7.43. The number of allylic oxidation sites excluding steroid dienone is 1. The van der Waals surface area contributed by atoms with E-state index in [2.05, 4.69) is 86.3 Å². The number of rotatable bonds is 10. The predicted molar refractivity (Wildman–Crippen MR) is 147 cm³/mol. The van der Waals surface area contributed by atoms with Gasteiger partial charge in [-0.15, -0.1) is 0 Å². The van der Waals surface area contributed by atoms with E-state index in [1.807, 2.05) is 38.1 Å². The van der Waals surface area contributed by atoms with Gasteiger partial charge in [-0.2, -0.15) is 0 Å². The average molecular weight is 483 g/mol. The maximum Gasteiger partial charge on any atom is 0.143 e. The first-order chi connectivity index (χ1) is 17.5. The van der Waals surface area contributed by atoms with Crippen LogP contribution in [0.25, 0.3) is 0 Å². The molecule has 1 aliphatic rings. The SMILES string of the molecule is C=C(C)[C@H]1C[C@H](COC(c2ccccc2)(c2ccccc2)c2ccccc2)O[C@@H]1CC(O)/C(C)=C/C. The molecule has 1 unspecified atom stereocenters. The molecular formula is C33H38O3. The lowest BCUT2D eigenvalue weighted by Gasteiger charge is -2.36. The molecule has 1 N–H and O–H groups in total. The summed E-state index contributed by atoms with van der Waals surface area (Å²) < 4.78 is 13.5. The molecule has 0 saturated carbocycles. The van der Waals surface area contributed by atoms with E-state index in [4.69, 9.17) is 9.47 Å². The van der Waals surface area contributed by atoms with Gasteiger partial charge in [-0.3, -0.25) is 0 Å². The van der Waals surface area contributed by atoms with Crippen molar-refractivity contribution >= 4 is 0 Å². The van der Waals surface area contributed by atoms with Crippen LogP contribution >= 0.6 is 0 Å². The van der Waals surface area contributed by atoms with Crippen LogP contribution in [0.4, 0.5) is 0 Å². The summed E-state index contributed by atoms with van der Waals surface area (Å²) in [4.78, 5) is 0. The van der Waals surface area contributed by atoms with Gasteiger partial charge >= 0.3 is 0 Å². The fraction of sp³-hybridized carbons (Fsp3) is 0.333. The van der Waals surface area contributed by atoms with E-state index in [0.717, 1.165) is 34.3 Å². The highest BCUT2D eigenvalue weighted by atomic mass is 16.6. The first-order valence-corrected chi connectivity index (χ1v) is 12.9. The quantitative estimate of drug-likeness (QED) is 0.248. The molecule has 36 heavy (non-hydrogen) atoms. The second-order valence-corrected chi connectivity index (χ2v) is 9.86. The van der Waals surface area contributed by atoms with Crippen molar-refractivity contribution in [1.82, 2.24) is 0 Å². The summed E-state index contributed by atoms with van der Waals surface area (Å²) in [5.41, 5.74) is 4.52. The Balaban J connectivity index is 1.66. The minimum Gasteiger partial charge on any atom is -0.389 e. The maximum absolute atomic E-state index is 10.7. The number of aliphatic hydroxyl groups excluding tert-OH is 1. The summed E-state index contributed by atoms with van der Waals surface area (Å²) in [5.74, 6) is 0.192. The van der Waals surface area contributed by atoms with Crippen molar-refractivity contribution in [3.63, 3.8) is 0 Å². The molecular weight excluding hydrogens is 444 g/mol. The minimum absolute atomic E-state index is 0.0828. The maximum atomic E-state index is 10.7. The molecule has 0 radical (unpaired) electrons. The lowest BCUT2D eigenvalue weighted by atomic mass is 9.80. The zero-order valence-corrected chi connectivity index (χ0v) is 21.6. The second kappa shape index (κ2) is 11.8. The van der Waals surface area contributed by atoms with Crippen LogP contribution in [0.3, 0.4) is 0 Å². The zero-order chi connectivity index (χ0) is 25.5. The Morgan fingerprint density at radius 2 is 1.42 bits per heavy atom. The molecule has 1 heterocycles. The zero-order valence-electron chi connectivity index (χ0n) is 21.6. The normalized spacial score (nSPS) is 21.3. The van der Waals surface area contributed by atoms with Gasteiger partial charge in [-0.05, 0) is 49.5 Å². The van der Waals surface area contributed by atoms with Gasteiger partial charge in [0.05, 0.1) is 24.9 Å². The average Bonchev–Trinajstić information content (AvgIpc) is 3.33. The van der Waals surface area contributed by atoms with Gasteiger partial charge in [0, 0.05) is 12.3 Å². The van der Waals surface area contributed by atoms with Gasteiger partial charge in [0.15, 0.2) is 0 Å². The fourth-order valence-corrected chi connectivity index (χ4v) is 5.26. The van der Waals surface area contributed by atoms with Crippen LogP contribution in [0, 0.1) is 5.92 Å². The summed E-state index contributed by atoms with van der Waals surface area (Å²) >= 11 is 0. The minimum atomic E-state index is -0.773. The van der Waals surface area contributed by atoms with Crippen molar-refractivity contribution in [3.8, 4) is 0 Å². The molecule has 1 saturated heterocycles. The van der Waals surface area contributed by atoms with Gasteiger partial charge in [0.1, 0.15) is 5.60 Å². The Labute approximate surface area is 216 Å². The molecule has 0 aromatic heterocycles. The molecule has 3 aromatic carbocycles. The lowest BCUT2D eigenvalue weighted by Crippen LogP contribution is -2.36. The Hall–Kier alpha value is -2.98. The number of hydrogen-bond donors (Lipinski definition) is 1. The van der Waals surface area contributed by atoms with Crippen LogP contribution in [0.2, 0.25) is 0 Å². The lowest BCUT2D eigenvalue weighted by molar-refractivity contribution is -0.0682. The van der Waals surface area contributed by atoms with Crippen molar-refractivity contribution in [3.05, 3.63) is 131 Å². The molecule has 3 heteroatoms. The molecule has 0 amide bonds. The van der Waals surface area contributed by atoms with Crippen LogP contribution in [-0.4, -0.2) is 30.0 Å². The van der Waals surface area contributed by atoms with Crippen LogP contribution in [0.1, 0.15) is 50.3 Å². The highest BCUT2D eigenvalue weighted by molar-refractivity contribution is 5.47. The summed E-state index contributed by atoms with van der Waals surface area (Å²) in [5, 5.41) is 10.7. The summed E-state index contributed by atoms with van der Waals surface area (Å²) in [6.07, 6.45) is 2.66. The van der Waals surface area contributed by atoms with Crippen LogP contribution in [0.15, 0.2) is 115 Å². The van der Waals surface area contributed by atoms with Crippen molar-refractivity contribution in [1.29, 1.82) is 0 Å². The van der Waals surface area contributed by atoms with Crippen LogP contribution < -0.4 is 0 Å². The summed E-state index contributed by atoms with van der Waals surface area (Å²) in [6, 6.07) is 31.2. The Bertz CT molecular complexity index is 1040. The molecule has 4 rings (SSSR count). The number of aliphatic hydroxyl groups is 1. The van der Waals surface area contributed by atoms with Crippen molar-refractivity contribution < 1.29 is 14.6 Å². The van der Waals surface area contributed by atoms with Crippen LogP contribution in [-0.2, 0) is 15.1 Å². The Morgan fingerprint density at radius 1 is 0.944 bits per heavy atom. The Kier molecular flexibility index (Phi) is 8.58. The van der Waals surface area contributed by atoms with Gasteiger partial charge in [0.2, 0.25) is 0 Å². The molecule has 0 aliphatic carbocycles. The third kappa shape index (κ3) is 5.54. The highest BCUT2D eigenvalue weighted by Gasteiger charge is 2.41. The number of benzene rings is 3. The monoisotopic (exact) mass is 482 g/mol. The molecule has 3 aromatic rings. The molecule has 1 fully saturated rings. The first-order valence-electron chi connectivity index (χ1n) is 12.9. The van der Waals surface area contributed by atoms with E-state index in [-0.39, 0.29) is 18.1 Å². The number of hydrogen-bond acceptors (Lipinski definition) is 3. The van der Waals surface area contributed by atoms with Crippen molar-refractivity contribution in [2.24, 2.45) is 5.92 Å². The molecule has 0 bridgehead atoms. The Morgan fingerprint density at radius 3 is 1.83 bits per heavy atom. The molecule has 4 atom stereocenters. The highest BCUT2D eigenvalue weighted by Crippen LogP contribution is 2.42. The molecule has 188 valence electrons. The van der Waals surface area contributed by atoms with E-state index in [9.17, 15) is 5.11 Å². The van der Waals surface area contributed by atoms with E-state index >= 15 is 0 Å². The summed E-state index contributed by atoms with van der Waals surface area (Å²) in [7, 11) is 0. The topological polar surface area (TPSA) is 38.7 Å². The predicted octanol–water partition coefficient (Wildman–Crippen LogP) is 7.06. The van der Waals surface area contributed by atoms with Gasteiger partial charge in [-0.1, -0.05) is 109 Å². The van der Waals surface area contributed by atoms with E-state index in [1.165, 1.54) is 0 Å². The molecule has 0 spiro atoms. The van der Waals surface area contributed by atoms with Crippen molar-refractivity contribution in [2.45, 2.75) is 57.5 Å². The largest absolute Gasteiger partial charge is 0.389 e. The summed E-state index contributed by atoms with van der Waals surface area (Å²) in [6.45, 7) is 10.6. The van der Waals surface area contributed by atoms with Gasteiger partial charge in [0.25, 0.3) is 0 Å². The molecule has 3 nitrogen and oxygen atoms in total.